The first-order valence-corrected chi connectivity index (χ1v) is 6.13. The molecule has 18 heavy (non-hydrogen) atoms. The number of piperidine rings is 1. The van der Waals surface area contributed by atoms with Gasteiger partial charge in [-0.25, -0.2) is 4.98 Å². The van der Waals surface area contributed by atoms with Gasteiger partial charge in [-0.15, -0.1) is 0 Å². The minimum atomic E-state index is -0.364. The van der Waals surface area contributed by atoms with Crippen LogP contribution in [-0.4, -0.2) is 41.0 Å². The van der Waals surface area contributed by atoms with Crippen molar-refractivity contribution in [2.45, 2.75) is 25.8 Å². The van der Waals surface area contributed by atoms with Crippen molar-refractivity contribution < 1.29 is 4.92 Å². The maximum absolute atomic E-state index is 11.1. The second-order valence-corrected chi connectivity index (χ2v) is 4.83. The average molecular weight is 250 g/mol. The Morgan fingerprint density at radius 2 is 2.39 bits per heavy atom. The third-order valence-electron chi connectivity index (χ3n) is 3.27. The zero-order chi connectivity index (χ0) is 13.1. The normalized spacial score (nSPS) is 20.7. The van der Waals surface area contributed by atoms with Crippen molar-refractivity contribution in [2.24, 2.45) is 0 Å². The Kier molecular flexibility index (Phi) is 3.76. The third-order valence-corrected chi connectivity index (χ3v) is 3.27. The van der Waals surface area contributed by atoms with Crippen molar-refractivity contribution in [3.63, 3.8) is 0 Å². The largest absolute Gasteiger partial charge is 0.360 e. The molecule has 2 rings (SSSR count). The summed E-state index contributed by atoms with van der Waals surface area (Å²) in [5.74, 6) is 0.389. The molecule has 98 valence electrons. The number of pyridine rings is 1. The Labute approximate surface area is 106 Å². The molecule has 1 fully saturated rings. The van der Waals surface area contributed by atoms with Gasteiger partial charge in [0, 0.05) is 24.3 Å². The summed E-state index contributed by atoms with van der Waals surface area (Å²) in [5, 5.41) is 14.3. The Hall–Kier alpha value is -1.69. The molecule has 0 spiro atoms. The van der Waals surface area contributed by atoms with Crippen molar-refractivity contribution in [2.75, 3.05) is 25.5 Å². The molecular weight excluding hydrogens is 232 g/mol. The summed E-state index contributed by atoms with van der Waals surface area (Å²) in [6.45, 7) is 3.71. The quantitative estimate of drug-likeness (QED) is 0.654. The van der Waals surface area contributed by atoms with E-state index in [1.54, 1.807) is 19.2 Å². The van der Waals surface area contributed by atoms with Gasteiger partial charge in [-0.2, -0.15) is 0 Å². The fraction of sp³-hybridized carbons (Fsp3) is 0.583. The molecule has 0 amide bonds. The number of aromatic nitrogens is 1. The van der Waals surface area contributed by atoms with Gasteiger partial charge in [0.1, 0.15) is 0 Å². The van der Waals surface area contributed by atoms with Gasteiger partial charge >= 0.3 is 5.69 Å². The monoisotopic (exact) mass is 250 g/mol. The van der Waals surface area contributed by atoms with E-state index in [0.29, 0.717) is 11.4 Å². The van der Waals surface area contributed by atoms with Crippen molar-refractivity contribution in [1.82, 2.24) is 9.88 Å². The number of likely N-dealkylation sites (N-methyl/N-ethyl adjacent to an activating group) is 1. The van der Waals surface area contributed by atoms with Crippen LogP contribution in [0.1, 0.15) is 18.4 Å². The lowest BCUT2D eigenvalue weighted by Crippen LogP contribution is -2.40. The van der Waals surface area contributed by atoms with Gasteiger partial charge in [-0.1, -0.05) is 0 Å². The molecule has 0 saturated carbocycles. The summed E-state index contributed by atoms with van der Waals surface area (Å²) in [4.78, 5) is 17.0. The summed E-state index contributed by atoms with van der Waals surface area (Å²) in [6, 6.07) is 1.90. The molecule has 0 aliphatic carbocycles. The van der Waals surface area contributed by atoms with Gasteiger partial charge in [0.25, 0.3) is 0 Å². The minimum Gasteiger partial charge on any atom is -0.360 e. The highest BCUT2D eigenvalue weighted by Crippen LogP contribution is 2.27. The van der Waals surface area contributed by atoms with Crippen LogP contribution in [0.3, 0.4) is 0 Å². The molecule has 0 radical (unpaired) electrons. The van der Waals surface area contributed by atoms with E-state index in [9.17, 15) is 10.1 Å². The predicted octanol–water partition coefficient (Wildman–Crippen LogP) is 1.80. The lowest BCUT2D eigenvalue weighted by atomic mass is 10.1. The molecule has 1 aromatic heterocycles. The smallest absolute Gasteiger partial charge is 0.314 e. The number of rotatable bonds is 3. The maximum atomic E-state index is 11.1. The van der Waals surface area contributed by atoms with Gasteiger partial charge in [0.2, 0.25) is 5.82 Å². The number of hydrogen-bond acceptors (Lipinski definition) is 5. The van der Waals surface area contributed by atoms with Gasteiger partial charge in [-0.05, 0) is 39.4 Å². The first-order valence-electron chi connectivity index (χ1n) is 6.13. The van der Waals surface area contributed by atoms with Gasteiger partial charge in [0.05, 0.1) is 4.92 Å². The fourth-order valence-corrected chi connectivity index (χ4v) is 2.36. The van der Waals surface area contributed by atoms with Crippen LogP contribution in [0.15, 0.2) is 12.3 Å². The average Bonchev–Trinajstić information content (AvgIpc) is 2.28. The highest BCUT2D eigenvalue weighted by molar-refractivity contribution is 5.60. The fourth-order valence-electron chi connectivity index (χ4n) is 2.36. The summed E-state index contributed by atoms with van der Waals surface area (Å²) in [6.07, 6.45) is 3.74. The van der Waals surface area contributed by atoms with Crippen LogP contribution in [0.2, 0.25) is 0 Å². The lowest BCUT2D eigenvalue weighted by Gasteiger charge is -2.30. The zero-order valence-electron chi connectivity index (χ0n) is 10.7. The molecule has 0 aromatic carbocycles. The Morgan fingerprint density at radius 3 is 3.06 bits per heavy atom. The summed E-state index contributed by atoms with van der Waals surface area (Å²) in [5.41, 5.74) is 0.729. The first kappa shape index (κ1) is 12.8. The molecule has 1 aliphatic heterocycles. The van der Waals surface area contributed by atoms with Crippen LogP contribution >= 0.6 is 0 Å². The molecule has 1 atom stereocenters. The number of likely N-dealkylation sites (tertiary alicyclic amines) is 1. The van der Waals surface area contributed by atoms with Crippen molar-refractivity contribution >= 4 is 11.5 Å². The molecule has 1 aromatic rings. The highest BCUT2D eigenvalue weighted by Gasteiger charge is 2.23. The van der Waals surface area contributed by atoms with Crippen LogP contribution in [-0.2, 0) is 0 Å². The van der Waals surface area contributed by atoms with E-state index in [1.807, 2.05) is 0 Å². The number of nitro groups is 1. The molecule has 1 aliphatic rings. The molecule has 6 nitrogen and oxygen atoms in total. The van der Waals surface area contributed by atoms with E-state index < -0.39 is 0 Å². The van der Waals surface area contributed by atoms with Crippen LogP contribution in [0.25, 0.3) is 0 Å². The number of nitrogens with zero attached hydrogens (tertiary/aromatic N) is 3. The van der Waals surface area contributed by atoms with Crippen LogP contribution in [0.4, 0.5) is 11.5 Å². The molecule has 2 heterocycles. The van der Waals surface area contributed by atoms with E-state index >= 15 is 0 Å². The van der Waals surface area contributed by atoms with Crippen molar-refractivity contribution in [3.8, 4) is 0 Å². The van der Waals surface area contributed by atoms with Gasteiger partial charge in [-0.3, -0.25) is 10.1 Å². The number of nitrogens with one attached hydrogen (secondary N) is 1. The minimum absolute atomic E-state index is 0.0886. The van der Waals surface area contributed by atoms with E-state index in [2.05, 4.69) is 22.2 Å². The Morgan fingerprint density at radius 1 is 1.61 bits per heavy atom. The highest BCUT2D eigenvalue weighted by atomic mass is 16.6. The summed E-state index contributed by atoms with van der Waals surface area (Å²) < 4.78 is 0. The van der Waals surface area contributed by atoms with Crippen LogP contribution in [0.5, 0.6) is 0 Å². The first-order chi connectivity index (χ1) is 8.58. The van der Waals surface area contributed by atoms with E-state index in [1.165, 1.54) is 0 Å². The van der Waals surface area contributed by atoms with Gasteiger partial charge < -0.3 is 10.2 Å². The van der Waals surface area contributed by atoms with Crippen LogP contribution < -0.4 is 5.32 Å². The van der Waals surface area contributed by atoms with E-state index in [-0.39, 0.29) is 16.7 Å². The molecule has 1 saturated heterocycles. The zero-order valence-corrected chi connectivity index (χ0v) is 10.7. The second-order valence-electron chi connectivity index (χ2n) is 4.83. The topological polar surface area (TPSA) is 71.3 Å². The molecule has 1 unspecified atom stereocenters. The summed E-state index contributed by atoms with van der Waals surface area (Å²) >= 11 is 0. The molecule has 1 N–H and O–H groups in total. The Balaban J connectivity index is 2.18. The predicted molar refractivity (Wildman–Crippen MR) is 69.8 cm³/mol. The number of hydrogen-bond donors (Lipinski definition) is 1. The molecular formula is C12H18N4O2. The molecule has 0 bridgehead atoms. The van der Waals surface area contributed by atoms with E-state index in [0.717, 1.165) is 25.9 Å². The van der Waals surface area contributed by atoms with E-state index in [4.69, 9.17) is 0 Å². The SMILES string of the molecule is Cc1ccnc(NC2CCCN(C)C2)c1[N+](=O)[O-]. The molecule has 6 heteroatoms. The Bertz CT molecular complexity index is 450. The van der Waals surface area contributed by atoms with Crippen molar-refractivity contribution in [3.05, 3.63) is 27.9 Å². The maximum Gasteiger partial charge on any atom is 0.314 e. The van der Waals surface area contributed by atoms with Crippen molar-refractivity contribution in [1.29, 1.82) is 0 Å². The summed E-state index contributed by atoms with van der Waals surface area (Å²) in [7, 11) is 2.06. The van der Waals surface area contributed by atoms with Gasteiger partial charge in [0.15, 0.2) is 0 Å². The second kappa shape index (κ2) is 5.30. The number of aryl methyl sites for hydroxylation is 1. The number of anilines is 1. The standard InChI is InChI=1S/C12H18N4O2/c1-9-5-6-13-12(11(9)16(17)18)14-10-4-3-7-15(2)8-10/h5-6,10H,3-4,7-8H2,1-2H3,(H,13,14). The lowest BCUT2D eigenvalue weighted by molar-refractivity contribution is -0.384. The van der Waals surface area contributed by atoms with Crippen LogP contribution in [0, 0.1) is 17.0 Å². The third kappa shape index (κ3) is 2.76.